The number of hydrogen-bond acceptors (Lipinski definition) is 5. The van der Waals surface area contributed by atoms with Crippen LogP contribution < -0.4 is 10.6 Å². The molecule has 0 aliphatic rings. The molecule has 0 aliphatic carbocycles. The van der Waals surface area contributed by atoms with Crippen molar-refractivity contribution in [2.45, 2.75) is 20.4 Å². The van der Waals surface area contributed by atoms with Crippen LogP contribution in [0.3, 0.4) is 0 Å². The van der Waals surface area contributed by atoms with Crippen molar-refractivity contribution >= 4 is 17.5 Å². The molecule has 2 heterocycles. The molecular formula is C18H18N4O2. The van der Waals surface area contributed by atoms with E-state index < -0.39 is 0 Å². The van der Waals surface area contributed by atoms with Crippen molar-refractivity contribution in [1.82, 2.24) is 9.97 Å². The minimum Gasteiger partial charge on any atom is -0.467 e. The first-order valence-corrected chi connectivity index (χ1v) is 7.61. The monoisotopic (exact) mass is 322 g/mol. The van der Waals surface area contributed by atoms with Gasteiger partial charge < -0.3 is 15.1 Å². The molecule has 24 heavy (non-hydrogen) atoms. The van der Waals surface area contributed by atoms with Gasteiger partial charge in [-0.3, -0.25) is 4.79 Å². The molecular weight excluding hydrogens is 304 g/mol. The van der Waals surface area contributed by atoms with Crippen molar-refractivity contribution in [3.8, 4) is 0 Å². The Hall–Kier alpha value is -3.15. The summed E-state index contributed by atoms with van der Waals surface area (Å²) in [6, 6.07) is 12.9. The molecule has 6 nitrogen and oxygen atoms in total. The summed E-state index contributed by atoms with van der Waals surface area (Å²) in [4.78, 5) is 21.0. The lowest BCUT2D eigenvalue weighted by atomic mass is 10.2. The van der Waals surface area contributed by atoms with Crippen LogP contribution >= 0.6 is 0 Å². The minimum atomic E-state index is -0.268. The Balaban J connectivity index is 1.75. The van der Waals surface area contributed by atoms with E-state index in [0.717, 1.165) is 17.0 Å². The summed E-state index contributed by atoms with van der Waals surface area (Å²) in [5, 5.41) is 5.94. The SMILES string of the molecule is Cc1cc(C(=O)Nc2ccccc2C)nc(NCc2ccco2)n1. The summed E-state index contributed by atoms with van der Waals surface area (Å²) in [5.41, 5.74) is 2.78. The van der Waals surface area contributed by atoms with Crippen LogP contribution in [0.1, 0.15) is 27.5 Å². The molecule has 0 fully saturated rings. The average Bonchev–Trinajstić information content (AvgIpc) is 3.08. The van der Waals surface area contributed by atoms with Gasteiger partial charge >= 0.3 is 0 Å². The molecule has 2 N–H and O–H groups in total. The first-order chi connectivity index (χ1) is 11.6. The largest absolute Gasteiger partial charge is 0.467 e. The standard InChI is InChI=1S/C18H18N4O2/c1-12-6-3-4-8-15(12)21-17(23)16-10-13(2)20-18(22-16)19-11-14-7-5-9-24-14/h3-10H,11H2,1-2H3,(H,21,23)(H,19,20,22). The van der Waals surface area contributed by atoms with E-state index in [9.17, 15) is 4.79 Å². The van der Waals surface area contributed by atoms with E-state index in [0.29, 0.717) is 23.9 Å². The van der Waals surface area contributed by atoms with Crippen LogP contribution in [0.5, 0.6) is 0 Å². The number of anilines is 2. The molecule has 3 rings (SSSR count). The zero-order valence-corrected chi connectivity index (χ0v) is 13.5. The van der Waals surface area contributed by atoms with Crippen LogP contribution in [0.15, 0.2) is 53.1 Å². The molecule has 0 radical (unpaired) electrons. The van der Waals surface area contributed by atoms with E-state index in [1.165, 1.54) is 0 Å². The molecule has 3 aromatic rings. The number of nitrogens with zero attached hydrogens (tertiary/aromatic N) is 2. The van der Waals surface area contributed by atoms with Crippen molar-refractivity contribution in [2.75, 3.05) is 10.6 Å². The van der Waals surface area contributed by atoms with Crippen molar-refractivity contribution in [3.63, 3.8) is 0 Å². The number of aryl methyl sites for hydroxylation is 2. The lowest BCUT2D eigenvalue weighted by Crippen LogP contribution is -2.16. The highest BCUT2D eigenvalue weighted by Gasteiger charge is 2.12. The Kier molecular flexibility index (Phi) is 4.56. The maximum Gasteiger partial charge on any atom is 0.274 e. The summed E-state index contributed by atoms with van der Waals surface area (Å²) in [7, 11) is 0. The van der Waals surface area contributed by atoms with Crippen LogP contribution in [0.4, 0.5) is 11.6 Å². The number of carbonyl (C=O) groups is 1. The maximum atomic E-state index is 12.5. The van der Waals surface area contributed by atoms with E-state index in [-0.39, 0.29) is 5.91 Å². The van der Waals surface area contributed by atoms with Gasteiger partial charge in [0.05, 0.1) is 12.8 Å². The molecule has 0 unspecified atom stereocenters. The third-order valence-corrected chi connectivity index (χ3v) is 3.48. The van der Waals surface area contributed by atoms with Gasteiger partial charge in [0.1, 0.15) is 11.5 Å². The van der Waals surface area contributed by atoms with Gasteiger partial charge in [-0.25, -0.2) is 9.97 Å². The van der Waals surface area contributed by atoms with Crippen LogP contribution in [-0.2, 0) is 6.54 Å². The van der Waals surface area contributed by atoms with E-state index in [4.69, 9.17) is 4.42 Å². The van der Waals surface area contributed by atoms with Gasteiger partial charge in [0, 0.05) is 11.4 Å². The smallest absolute Gasteiger partial charge is 0.274 e. The summed E-state index contributed by atoms with van der Waals surface area (Å²) < 4.78 is 5.26. The first kappa shape index (κ1) is 15.7. The molecule has 0 saturated heterocycles. The van der Waals surface area contributed by atoms with Gasteiger partial charge in [0.25, 0.3) is 5.91 Å². The Morgan fingerprint density at radius 2 is 1.96 bits per heavy atom. The zero-order valence-electron chi connectivity index (χ0n) is 13.5. The summed E-state index contributed by atoms with van der Waals surface area (Å²) in [5.74, 6) is 0.892. The number of rotatable bonds is 5. The van der Waals surface area contributed by atoms with Gasteiger partial charge in [-0.1, -0.05) is 18.2 Å². The Bertz CT molecular complexity index is 844. The quantitative estimate of drug-likeness (QED) is 0.751. The van der Waals surface area contributed by atoms with Crippen molar-refractivity contribution in [3.05, 3.63) is 71.4 Å². The number of amides is 1. The van der Waals surface area contributed by atoms with Gasteiger partial charge in [-0.05, 0) is 43.7 Å². The summed E-state index contributed by atoms with van der Waals surface area (Å²) >= 11 is 0. The van der Waals surface area contributed by atoms with Crippen molar-refractivity contribution in [2.24, 2.45) is 0 Å². The molecule has 0 spiro atoms. The van der Waals surface area contributed by atoms with Crippen LogP contribution in [0.25, 0.3) is 0 Å². The summed E-state index contributed by atoms with van der Waals surface area (Å²) in [6.07, 6.45) is 1.61. The predicted molar refractivity (Wildman–Crippen MR) is 91.9 cm³/mol. The highest BCUT2D eigenvalue weighted by molar-refractivity contribution is 6.03. The fourth-order valence-corrected chi connectivity index (χ4v) is 2.24. The predicted octanol–water partition coefficient (Wildman–Crippen LogP) is 3.55. The highest BCUT2D eigenvalue weighted by Crippen LogP contribution is 2.15. The topological polar surface area (TPSA) is 80.0 Å². The maximum absolute atomic E-state index is 12.5. The normalized spacial score (nSPS) is 10.4. The average molecular weight is 322 g/mol. The lowest BCUT2D eigenvalue weighted by molar-refractivity contribution is 0.102. The number of benzene rings is 1. The Labute approximate surface area is 140 Å². The van der Waals surface area contributed by atoms with Gasteiger partial charge in [-0.15, -0.1) is 0 Å². The van der Waals surface area contributed by atoms with Crippen molar-refractivity contribution < 1.29 is 9.21 Å². The first-order valence-electron chi connectivity index (χ1n) is 7.61. The molecule has 0 aliphatic heterocycles. The number of furan rings is 1. The second-order valence-corrected chi connectivity index (χ2v) is 5.42. The molecule has 0 bridgehead atoms. The number of aromatic nitrogens is 2. The molecule has 122 valence electrons. The van der Waals surface area contributed by atoms with Crippen molar-refractivity contribution in [1.29, 1.82) is 0 Å². The molecule has 1 amide bonds. The van der Waals surface area contributed by atoms with Crippen LogP contribution in [-0.4, -0.2) is 15.9 Å². The Morgan fingerprint density at radius 1 is 1.12 bits per heavy atom. The minimum absolute atomic E-state index is 0.268. The molecule has 6 heteroatoms. The number of nitrogens with one attached hydrogen (secondary N) is 2. The summed E-state index contributed by atoms with van der Waals surface area (Å²) in [6.45, 7) is 4.22. The zero-order chi connectivity index (χ0) is 16.9. The van der Waals surface area contributed by atoms with E-state index in [1.54, 1.807) is 12.3 Å². The molecule has 2 aromatic heterocycles. The highest BCUT2D eigenvalue weighted by atomic mass is 16.3. The van der Waals surface area contributed by atoms with Gasteiger partial charge in [0.2, 0.25) is 5.95 Å². The van der Waals surface area contributed by atoms with E-state index in [2.05, 4.69) is 20.6 Å². The number of para-hydroxylation sites is 1. The van der Waals surface area contributed by atoms with E-state index in [1.807, 2.05) is 50.2 Å². The second kappa shape index (κ2) is 6.95. The van der Waals surface area contributed by atoms with Crippen LogP contribution in [0, 0.1) is 13.8 Å². The Morgan fingerprint density at radius 3 is 2.71 bits per heavy atom. The number of carbonyl (C=O) groups excluding carboxylic acids is 1. The van der Waals surface area contributed by atoms with Gasteiger partial charge in [-0.2, -0.15) is 0 Å². The molecule has 0 saturated carbocycles. The third-order valence-electron chi connectivity index (χ3n) is 3.48. The number of hydrogen-bond donors (Lipinski definition) is 2. The molecule has 1 aromatic carbocycles. The fourth-order valence-electron chi connectivity index (χ4n) is 2.24. The van der Waals surface area contributed by atoms with Gasteiger partial charge in [0.15, 0.2) is 0 Å². The lowest BCUT2D eigenvalue weighted by Gasteiger charge is -2.09. The molecule has 0 atom stereocenters. The van der Waals surface area contributed by atoms with E-state index >= 15 is 0 Å². The second-order valence-electron chi connectivity index (χ2n) is 5.42. The van der Waals surface area contributed by atoms with Crippen LogP contribution in [0.2, 0.25) is 0 Å². The fraction of sp³-hybridized carbons (Fsp3) is 0.167. The third kappa shape index (κ3) is 3.78.